The number of carbonyl (C=O) groups is 2. The Balaban J connectivity index is 1.56. The first-order chi connectivity index (χ1) is 14.4. The van der Waals surface area contributed by atoms with Crippen molar-refractivity contribution >= 4 is 23.2 Å². The summed E-state index contributed by atoms with van der Waals surface area (Å²) in [5, 5.41) is 2.91. The van der Waals surface area contributed by atoms with Crippen LogP contribution in [0.25, 0.3) is 0 Å². The van der Waals surface area contributed by atoms with Crippen LogP contribution in [-0.4, -0.2) is 51.1 Å². The molecule has 2 aromatic carbocycles. The molecular weight excluding hydrogens is 382 g/mol. The molecule has 0 radical (unpaired) electrons. The number of nitrogens with one attached hydrogen (secondary N) is 1. The third kappa shape index (κ3) is 5.10. The van der Waals surface area contributed by atoms with Gasteiger partial charge in [0.25, 0.3) is 0 Å². The number of anilines is 2. The predicted octanol–water partition coefficient (Wildman–Crippen LogP) is 3.21. The van der Waals surface area contributed by atoms with Gasteiger partial charge in [0.05, 0.1) is 20.8 Å². The zero-order valence-electron chi connectivity index (χ0n) is 18.0. The second-order valence-electron chi connectivity index (χ2n) is 7.55. The van der Waals surface area contributed by atoms with Crippen LogP contribution in [0.2, 0.25) is 0 Å². The summed E-state index contributed by atoms with van der Waals surface area (Å²) in [4.78, 5) is 28.0. The van der Waals surface area contributed by atoms with E-state index in [0.29, 0.717) is 30.2 Å². The van der Waals surface area contributed by atoms with E-state index in [-0.39, 0.29) is 18.4 Å². The molecule has 0 bridgehead atoms. The minimum absolute atomic E-state index is 0.0966. The molecule has 0 atom stereocenters. The highest BCUT2D eigenvalue weighted by Gasteiger charge is 2.21. The van der Waals surface area contributed by atoms with Crippen LogP contribution in [0.3, 0.4) is 0 Å². The molecule has 7 nitrogen and oxygen atoms in total. The van der Waals surface area contributed by atoms with Gasteiger partial charge in [-0.3, -0.25) is 14.5 Å². The Bertz CT molecular complexity index is 911. The number of amides is 2. The van der Waals surface area contributed by atoms with E-state index in [1.54, 1.807) is 19.1 Å². The van der Waals surface area contributed by atoms with Gasteiger partial charge in [-0.1, -0.05) is 0 Å². The van der Waals surface area contributed by atoms with E-state index in [0.717, 1.165) is 29.8 Å². The lowest BCUT2D eigenvalue weighted by Gasteiger charge is -2.19. The monoisotopic (exact) mass is 411 g/mol. The highest BCUT2D eigenvalue weighted by Crippen LogP contribution is 2.30. The molecule has 0 unspecified atom stereocenters. The molecule has 1 N–H and O–H groups in total. The molecule has 0 aliphatic carbocycles. The van der Waals surface area contributed by atoms with Crippen LogP contribution < -0.4 is 19.7 Å². The number of rotatable bonds is 8. The van der Waals surface area contributed by atoms with E-state index in [2.05, 4.69) is 5.32 Å². The second-order valence-corrected chi connectivity index (χ2v) is 7.55. The topological polar surface area (TPSA) is 71.1 Å². The van der Waals surface area contributed by atoms with Gasteiger partial charge < -0.3 is 19.7 Å². The summed E-state index contributed by atoms with van der Waals surface area (Å²) in [6, 6.07) is 11.3. The maximum Gasteiger partial charge on any atom is 0.238 e. The number of aryl methyl sites for hydroxylation is 1. The summed E-state index contributed by atoms with van der Waals surface area (Å²) < 4.78 is 10.7. The minimum atomic E-state index is -0.0966. The normalized spacial score (nSPS) is 13.6. The number of benzene rings is 2. The van der Waals surface area contributed by atoms with Crippen LogP contribution in [-0.2, 0) is 16.1 Å². The molecule has 3 rings (SSSR count). The average Bonchev–Trinajstić information content (AvgIpc) is 3.15. The number of carbonyl (C=O) groups excluding carboxylic acids is 2. The van der Waals surface area contributed by atoms with E-state index in [9.17, 15) is 9.59 Å². The lowest BCUT2D eigenvalue weighted by molar-refractivity contribution is -0.117. The van der Waals surface area contributed by atoms with Crippen molar-refractivity contribution in [2.45, 2.75) is 26.3 Å². The van der Waals surface area contributed by atoms with E-state index in [4.69, 9.17) is 9.47 Å². The van der Waals surface area contributed by atoms with Gasteiger partial charge >= 0.3 is 0 Å². The van der Waals surface area contributed by atoms with Crippen LogP contribution in [0, 0.1) is 6.92 Å². The van der Waals surface area contributed by atoms with Gasteiger partial charge in [-0.25, -0.2) is 0 Å². The Kier molecular flexibility index (Phi) is 6.95. The van der Waals surface area contributed by atoms with Crippen LogP contribution in [0.1, 0.15) is 24.0 Å². The minimum Gasteiger partial charge on any atom is -0.493 e. The smallest absolute Gasteiger partial charge is 0.238 e. The molecule has 1 heterocycles. The Hall–Kier alpha value is -3.06. The zero-order valence-corrected chi connectivity index (χ0v) is 18.0. The SMILES string of the molecule is COc1cc(C)c(CN(C)CC(=O)Nc2ccc(N3CCCC3=O)cc2)cc1OC. The Labute approximate surface area is 177 Å². The third-order valence-electron chi connectivity index (χ3n) is 5.23. The molecule has 0 saturated carbocycles. The summed E-state index contributed by atoms with van der Waals surface area (Å²) in [5.41, 5.74) is 3.73. The Morgan fingerprint density at radius 3 is 2.40 bits per heavy atom. The van der Waals surface area contributed by atoms with Crippen molar-refractivity contribution in [3.63, 3.8) is 0 Å². The van der Waals surface area contributed by atoms with E-state index < -0.39 is 0 Å². The highest BCUT2D eigenvalue weighted by molar-refractivity contribution is 5.96. The summed E-state index contributed by atoms with van der Waals surface area (Å²) >= 11 is 0. The Morgan fingerprint density at radius 2 is 1.80 bits per heavy atom. The van der Waals surface area contributed by atoms with Gasteiger partial charge in [0.2, 0.25) is 11.8 Å². The largest absolute Gasteiger partial charge is 0.493 e. The maximum absolute atomic E-state index is 12.5. The molecule has 1 aliphatic rings. The fourth-order valence-electron chi connectivity index (χ4n) is 3.63. The molecule has 1 fully saturated rings. The van der Waals surface area contributed by atoms with Crippen LogP contribution >= 0.6 is 0 Å². The summed E-state index contributed by atoms with van der Waals surface area (Å²) in [6.07, 6.45) is 1.49. The average molecular weight is 412 g/mol. The van der Waals surface area contributed by atoms with Crippen molar-refractivity contribution in [3.8, 4) is 11.5 Å². The molecule has 7 heteroatoms. The van der Waals surface area contributed by atoms with Crippen molar-refractivity contribution in [1.82, 2.24) is 4.90 Å². The van der Waals surface area contributed by atoms with Crippen molar-refractivity contribution in [2.24, 2.45) is 0 Å². The summed E-state index contributed by atoms with van der Waals surface area (Å²) in [5.74, 6) is 1.42. The fraction of sp³-hybridized carbons (Fsp3) is 0.391. The van der Waals surface area contributed by atoms with Gasteiger partial charge in [0.1, 0.15) is 0 Å². The van der Waals surface area contributed by atoms with E-state index in [1.165, 1.54) is 0 Å². The predicted molar refractivity (Wildman–Crippen MR) is 117 cm³/mol. The van der Waals surface area contributed by atoms with Crippen molar-refractivity contribution in [1.29, 1.82) is 0 Å². The number of likely N-dealkylation sites (N-methyl/N-ethyl adjacent to an activating group) is 1. The number of nitrogens with zero attached hydrogens (tertiary/aromatic N) is 2. The number of methoxy groups -OCH3 is 2. The highest BCUT2D eigenvalue weighted by atomic mass is 16.5. The zero-order chi connectivity index (χ0) is 21.7. The summed E-state index contributed by atoms with van der Waals surface area (Å²) in [7, 11) is 5.12. The van der Waals surface area contributed by atoms with Crippen molar-refractivity contribution in [2.75, 3.05) is 44.6 Å². The van der Waals surface area contributed by atoms with Crippen molar-refractivity contribution < 1.29 is 19.1 Å². The first-order valence-electron chi connectivity index (χ1n) is 10.0. The van der Waals surface area contributed by atoms with E-state index >= 15 is 0 Å². The standard InChI is InChI=1S/C23H29N3O4/c1-16-12-20(29-3)21(30-4)13-17(16)14-25(2)15-22(27)24-18-7-9-19(10-8-18)26-11-5-6-23(26)28/h7-10,12-13H,5-6,11,14-15H2,1-4H3,(H,24,27). The van der Waals surface area contributed by atoms with Gasteiger partial charge in [0.15, 0.2) is 11.5 Å². The fourth-order valence-corrected chi connectivity index (χ4v) is 3.63. The number of hydrogen-bond donors (Lipinski definition) is 1. The molecule has 2 amide bonds. The van der Waals surface area contributed by atoms with Gasteiger partial charge in [-0.05, 0) is 67.9 Å². The second kappa shape index (κ2) is 9.63. The molecule has 1 saturated heterocycles. The molecule has 30 heavy (non-hydrogen) atoms. The molecule has 2 aromatic rings. The van der Waals surface area contributed by atoms with Crippen LogP contribution in [0.15, 0.2) is 36.4 Å². The molecule has 160 valence electrons. The van der Waals surface area contributed by atoms with Crippen LogP contribution in [0.5, 0.6) is 11.5 Å². The number of ether oxygens (including phenoxy) is 2. The van der Waals surface area contributed by atoms with Crippen LogP contribution in [0.4, 0.5) is 11.4 Å². The van der Waals surface area contributed by atoms with Crippen molar-refractivity contribution in [3.05, 3.63) is 47.5 Å². The lowest BCUT2D eigenvalue weighted by Crippen LogP contribution is -2.30. The first-order valence-corrected chi connectivity index (χ1v) is 10.0. The molecule has 0 aromatic heterocycles. The van der Waals surface area contributed by atoms with Gasteiger partial charge in [-0.15, -0.1) is 0 Å². The van der Waals surface area contributed by atoms with Gasteiger partial charge in [0, 0.05) is 30.9 Å². The van der Waals surface area contributed by atoms with Gasteiger partial charge in [-0.2, -0.15) is 0 Å². The Morgan fingerprint density at radius 1 is 1.13 bits per heavy atom. The first kappa shape index (κ1) is 21.6. The molecule has 0 spiro atoms. The summed E-state index contributed by atoms with van der Waals surface area (Å²) in [6.45, 7) is 3.62. The maximum atomic E-state index is 12.5. The quantitative estimate of drug-likeness (QED) is 0.722. The lowest BCUT2D eigenvalue weighted by atomic mass is 10.1. The molecule has 1 aliphatic heterocycles. The van der Waals surface area contributed by atoms with E-state index in [1.807, 2.05) is 55.3 Å². The number of hydrogen-bond acceptors (Lipinski definition) is 5. The molecular formula is C23H29N3O4. The third-order valence-corrected chi connectivity index (χ3v) is 5.23.